The first-order valence-corrected chi connectivity index (χ1v) is 7.20. The summed E-state index contributed by atoms with van der Waals surface area (Å²) in [5.74, 6) is 0.227. The second-order valence-corrected chi connectivity index (χ2v) is 5.51. The normalized spacial score (nSPS) is 32.3. The molecule has 2 atom stereocenters. The van der Waals surface area contributed by atoms with Crippen LogP contribution in [0, 0.1) is 0 Å². The molecule has 0 aliphatic carbocycles. The highest BCUT2D eigenvalue weighted by molar-refractivity contribution is 5.85. The fraction of sp³-hybridized carbons (Fsp3) is 0.923. The summed E-state index contributed by atoms with van der Waals surface area (Å²) in [4.78, 5) is 16.8. The van der Waals surface area contributed by atoms with Crippen molar-refractivity contribution in [1.82, 2.24) is 15.1 Å². The van der Waals surface area contributed by atoms with Gasteiger partial charge in [-0.05, 0) is 19.3 Å². The topological polar surface area (TPSA) is 44.8 Å². The molecule has 3 aliphatic rings. The largest absolute Gasteiger partial charge is 0.368 e. The van der Waals surface area contributed by atoms with Gasteiger partial charge in [0.1, 0.15) is 6.10 Å². The Balaban J connectivity index is 0.00000133. The summed E-state index contributed by atoms with van der Waals surface area (Å²) in [6, 6.07) is 0.567. The minimum absolute atomic E-state index is 0. The molecule has 0 aromatic heterocycles. The minimum atomic E-state index is -0.147. The Morgan fingerprint density at radius 3 is 2.63 bits per heavy atom. The summed E-state index contributed by atoms with van der Waals surface area (Å²) >= 11 is 0. The van der Waals surface area contributed by atoms with Crippen molar-refractivity contribution in [3.63, 3.8) is 0 Å². The quantitative estimate of drug-likeness (QED) is 0.783. The number of ether oxygens (including phenoxy) is 1. The lowest BCUT2D eigenvalue weighted by molar-refractivity contribution is -0.140. The zero-order valence-corrected chi connectivity index (χ0v) is 12.2. The minimum Gasteiger partial charge on any atom is -0.368 e. The Labute approximate surface area is 121 Å². The van der Waals surface area contributed by atoms with E-state index >= 15 is 0 Å². The van der Waals surface area contributed by atoms with Crippen molar-refractivity contribution in [2.75, 3.05) is 45.9 Å². The second kappa shape index (κ2) is 6.88. The lowest BCUT2D eigenvalue weighted by Gasteiger charge is -2.32. The maximum Gasteiger partial charge on any atom is 0.251 e. The molecule has 110 valence electrons. The summed E-state index contributed by atoms with van der Waals surface area (Å²) in [5.41, 5.74) is 0. The third-order valence-electron chi connectivity index (χ3n) is 4.35. The highest BCUT2D eigenvalue weighted by atomic mass is 35.5. The predicted molar refractivity (Wildman–Crippen MR) is 75.6 cm³/mol. The molecule has 0 aromatic rings. The molecule has 3 aliphatic heterocycles. The highest BCUT2D eigenvalue weighted by Gasteiger charge is 2.35. The van der Waals surface area contributed by atoms with Crippen molar-refractivity contribution in [1.29, 1.82) is 0 Å². The third-order valence-corrected chi connectivity index (χ3v) is 4.35. The van der Waals surface area contributed by atoms with Crippen LogP contribution in [-0.2, 0) is 9.53 Å². The summed E-state index contributed by atoms with van der Waals surface area (Å²) in [7, 11) is 0. The van der Waals surface area contributed by atoms with E-state index < -0.39 is 0 Å². The van der Waals surface area contributed by atoms with Crippen molar-refractivity contribution < 1.29 is 9.53 Å². The molecule has 1 N–H and O–H groups in total. The van der Waals surface area contributed by atoms with Gasteiger partial charge in [0.15, 0.2) is 0 Å². The van der Waals surface area contributed by atoms with Crippen LogP contribution in [0.4, 0.5) is 0 Å². The summed E-state index contributed by atoms with van der Waals surface area (Å²) in [6.07, 6.45) is 2.92. The molecule has 3 heterocycles. The molecule has 0 bridgehead atoms. The van der Waals surface area contributed by atoms with E-state index in [4.69, 9.17) is 4.74 Å². The molecule has 1 amide bonds. The number of halogens is 1. The van der Waals surface area contributed by atoms with Crippen LogP contribution < -0.4 is 5.32 Å². The molecule has 3 rings (SSSR count). The number of piperazine rings is 1. The van der Waals surface area contributed by atoms with Gasteiger partial charge in [-0.1, -0.05) is 0 Å². The van der Waals surface area contributed by atoms with Gasteiger partial charge in [0, 0.05) is 51.9 Å². The maximum absolute atomic E-state index is 12.2. The standard InChI is InChI=1S/C13H23N3O2.ClH/c17-13(12-2-1-9-18-12)16-6-3-11(10-16)15-7-4-14-5-8-15;/h11-12,14H,1-10H2;1H. The number of carbonyl (C=O) groups is 1. The number of carbonyl (C=O) groups excluding carboxylic acids is 1. The number of hydrogen-bond acceptors (Lipinski definition) is 4. The molecule has 0 saturated carbocycles. The van der Waals surface area contributed by atoms with Crippen LogP contribution >= 0.6 is 12.4 Å². The van der Waals surface area contributed by atoms with Gasteiger partial charge in [0.25, 0.3) is 5.91 Å². The molecule has 6 heteroatoms. The van der Waals surface area contributed by atoms with Crippen molar-refractivity contribution >= 4 is 18.3 Å². The first kappa shape index (κ1) is 15.0. The van der Waals surface area contributed by atoms with Crippen LogP contribution in [0.1, 0.15) is 19.3 Å². The fourth-order valence-electron chi connectivity index (χ4n) is 3.26. The van der Waals surface area contributed by atoms with Crippen LogP contribution in [0.3, 0.4) is 0 Å². The van der Waals surface area contributed by atoms with Crippen molar-refractivity contribution in [2.24, 2.45) is 0 Å². The van der Waals surface area contributed by atoms with Crippen LogP contribution in [0.5, 0.6) is 0 Å². The van der Waals surface area contributed by atoms with Gasteiger partial charge in [0.05, 0.1) is 0 Å². The molecule has 0 aromatic carbocycles. The van der Waals surface area contributed by atoms with Crippen molar-refractivity contribution in [3.8, 4) is 0 Å². The Kier molecular flexibility index (Phi) is 5.45. The monoisotopic (exact) mass is 289 g/mol. The number of rotatable bonds is 2. The van der Waals surface area contributed by atoms with Crippen LogP contribution in [0.2, 0.25) is 0 Å². The fourth-order valence-corrected chi connectivity index (χ4v) is 3.26. The average Bonchev–Trinajstić information content (AvgIpc) is 3.10. The van der Waals surface area contributed by atoms with E-state index in [2.05, 4.69) is 10.2 Å². The van der Waals surface area contributed by atoms with Crippen molar-refractivity contribution in [2.45, 2.75) is 31.4 Å². The van der Waals surface area contributed by atoms with Gasteiger partial charge >= 0.3 is 0 Å². The van der Waals surface area contributed by atoms with Crippen LogP contribution in [-0.4, -0.2) is 73.7 Å². The summed E-state index contributed by atoms with van der Waals surface area (Å²) in [5, 5.41) is 3.37. The average molecular weight is 290 g/mol. The number of amides is 1. The third kappa shape index (κ3) is 3.40. The van der Waals surface area contributed by atoms with E-state index in [0.717, 1.165) is 65.1 Å². The Bertz CT molecular complexity index is 304. The van der Waals surface area contributed by atoms with Gasteiger partial charge in [-0.2, -0.15) is 0 Å². The lowest BCUT2D eigenvalue weighted by atomic mass is 10.2. The SMILES string of the molecule is Cl.O=C(C1CCCO1)N1CCC(N2CCNCC2)C1. The Hall–Kier alpha value is -0.360. The van der Waals surface area contributed by atoms with Gasteiger partial charge in [-0.3, -0.25) is 9.69 Å². The van der Waals surface area contributed by atoms with Gasteiger partial charge in [-0.15, -0.1) is 12.4 Å². The molecule has 2 unspecified atom stereocenters. The smallest absolute Gasteiger partial charge is 0.251 e. The van der Waals surface area contributed by atoms with Gasteiger partial charge < -0.3 is 15.0 Å². The Morgan fingerprint density at radius 1 is 1.16 bits per heavy atom. The molecule has 0 radical (unpaired) electrons. The molecule has 5 nitrogen and oxygen atoms in total. The number of likely N-dealkylation sites (tertiary alicyclic amines) is 1. The van der Waals surface area contributed by atoms with E-state index in [1.165, 1.54) is 0 Å². The van der Waals surface area contributed by atoms with Crippen LogP contribution in [0.25, 0.3) is 0 Å². The lowest BCUT2D eigenvalue weighted by Crippen LogP contribution is -2.49. The van der Waals surface area contributed by atoms with Gasteiger partial charge in [-0.25, -0.2) is 0 Å². The number of nitrogens with one attached hydrogen (secondary N) is 1. The predicted octanol–water partition coefficient (Wildman–Crippen LogP) is 0.0933. The zero-order chi connectivity index (χ0) is 12.4. The number of hydrogen-bond donors (Lipinski definition) is 1. The molecule has 19 heavy (non-hydrogen) atoms. The van der Waals surface area contributed by atoms with Crippen LogP contribution in [0.15, 0.2) is 0 Å². The maximum atomic E-state index is 12.2. The van der Waals surface area contributed by atoms with E-state index in [0.29, 0.717) is 6.04 Å². The first-order chi connectivity index (χ1) is 8.84. The van der Waals surface area contributed by atoms with E-state index in [-0.39, 0.29) is 24.4 Å². The molecule has 3 saturated heterocycles. The summed E-state index contributed by atoms with van der Waals surface area (Å²) < 4.78 is 5.49. The highest BCUT2D eigenvalue weighted by Crippen LogP contribution is 2.21. The molecular weight excluding hydrogens is 266 g/mol. The van der Waals surface area contributed by atoms with E-state index in [1.54, 1.807) is 0 Å². The molecular formula is C13H24ClN3O2. The molecule has 0 spiro atoms. The Morgan fingerprint density at radius 2 is 1.95 bits per heavy atom. The zero-order valence-electron chi connectivity index (χ0n) is 11.3. The van der Waals surface area contributed by atoms with E-state index in [1.807, 2.05) is 4.90 Å². The second-order valence-electron chi connectivity index (χ2n) is 5.51. The summed E-state index contributed by atoms with van der Waals surface area (Å²) in [6.45, 7) is 6.96. The van der Waals surface area contributed by atoms with Gasteiger partial charge in [0.2, 0.25) is 0 Å². The van der Waals surface area contributed by atoms with Crippen molar-refractivity contribution in [3.05, 3.63) is 0 Å². The first-order valence-electron chi connectivity index (χ1n) is 7.20. The molecule has 3 fully saturated rings. The number of nitrogens with zero attached hydrogens (tertiary/aromatic N) is 2. The van der Waals surface area contributed by atoms with E-state index in [9.17, 15) is 4.79 Å².